The first-order valence-electron chi connectivity index (χ1n) is 8.06. The molecule has 0 N–H and O–H groups in total. The van der Waals surface area contributed by atoms with E-state index in [4.69, 9.17) is 4.74 Å². The van der Waals surface area contributed by atoms with Crippen LogP contribution >= 0.6 is 0 Å². The topological polar surface area (TPSA) is 29.5 Å². The third-order valence-electron chi connectivity index (χ3n) is 4.33. The van der Waals surface area contributed by atoms with Crippen molar-refractivity contribution in [3.63, 3.8) is 0 Å². The van der Waals surface area contributed by atoms with Crippen LogP contribution in [-0.2, 0) is 4.79 Å². The second-order valence-corrected chi connectivity index (χ2v) is 6.23. The lowest BCUT2D eigenvalue weighted by Gasteiger charge is -2.28. The van der Waals surface area contributed by atoms with Crippen molar-refractivity contribution in [2.75, 3.05) is 20.2 Å². The number of nitrogens with zero attached hydrogens (tertiary/aromatic N) is 1. The molecule has 1 fully saturated rings. The summed E-state index contributed by atoms with van der Waals surface area (Å²) in [6.45, 7) is 6.09. The van der Waals surface area contributed by atoms with Gasteiger partial charge in [0.25, 0.3) is 0 Å². The zero-order valence-corrected chi connectivity index (χ0v) is 13.5. The first-order valence-corrected chi connectivity index (χ1v) is 8.06. The minimum absolute atomic E-state index is 0.0472. The largest absolute Gasteiger partial charge is 0.497 e. The second kappa shape index (κ2) is 7.48. The SMILES string of the molecule is COc1ccc(C(C(=O)N2CCCCCC2)C(C)C)cc1. The van der Waals surface area contributed by atoms with E-state index in [1.807, 2.05) is 24.3 Å². The molecule has 1 aliphatic rings. The molecule has 3 nitrogen and oxygen atoms in total. The van der Waals surface area contributed by atoms with Gasteiger partial charge in [0.1, 0.15) is 5.75 Å². The maximum absolute atomic E-state index is 12.9. The summed E-state index contributed by atoms with van der Waals surface area (Å²) in [7, 11) is 1.66. The van der Waals surface area contributed by atoms with Gasteiger partial charge in [-0.15, -0.1) is 0 Å². The average molecular weight is 289 g/mol. The smallest absolute Gasteiger partial charge is 0.230 e. The van der Waals surface area contributed by atoms with Gasteiger partial charge in [0.2, 0.25) is 5.91 Å². The Labute approximate surface area is 128 Å². The van der Waals surface area contributed by atoms with Crippen molar-refractivity contribution in [2.45, 2.75) is 45.4 Å². The molecule has 0 saturated carbocycles. The minimum Gasteiger partial charge on any atom is -0.497 e. The molecule has 1 saturated heterocycles. The van der Waals surface area contributed by atoms with Crippen molar-refractivity contribution in [3.05, 3.63) is 29.8 Å². The zero-order chi connectivity index (χ0) is 15.2. The summed E-state index contributed by atoms with van der Waals surface area (Å²) in [6, 6.07) is 7.94. The summed E-state index contributed by atoms with van der Waals surface area (Å²) in [5, 5.41) is 0. The highest BCUT2D eigenvalue weighted by atomic mass is 16.5. The van der Waals surface area contributed by atoms with Crippen LogP contribution in [0.4, 0.5) is 0 Å². The molecule has 0 aromatic heterocycles. The maximum atomic E-state index is 12.9. The van der Waals surface area contributed by atoms with E-state index in [9.17, 15) is 4.79 Å². The molecule has 1 amide bonds. The molecule has 0 bridgehead atoms. The highest BCUT2D eigenvalue weighted by Gasteiger charge is 2.28. The molecule has 2 rings (SSSR count). The van der Waals surface area contributed by atoms with Crippen molar-refractivity contribution in [1.29, 1.82) is 0 Å². The van der Waals surface area contributed by atoms with E-state index in [1.165, 1.54) is 12.8 Å². The Kier molecular flexibility index (Phi) is 5.66. The summed E-state index contributed by atoms with van der Waals surface area (Å²) in [5.74, 6) is 1.38. The predicted octanol–water partition coefficient (Wildman–Crippen LogP) is 3.84. The summed E-state index contributed by atoms with van der Waals surface area (Å²) in [6.07, 6.45) is 4.77. The molecule has 0 radical (unpaired) electrons. The number of likely N-dealkylation sites (tertiary alicyclic amines) is 1. The Morgan fingerprint density at radius 2 is 1.62 bits per heavy atom. The van der Waals surface area contributed by atoms with Gasteiger partial charge in [-0.1, -0.05) is 38.8 Å². The molecule has 0 spiro atoms. The first kappa shape index (κ1) is 15.9. The minimum atomic E-state index is -0.0472. The van der Waals surface area contributed by atoms with E-state index < -0.39 is 0 Å². The van der Waals surface area contributed by atoms with Gasteiger partial charge in [0.05, 0.1) is 13.0 Å². The van der Waals surface area contributed by atoms with Crippen molar-refractivity contribution in [3.8, 4) is 5.75 Å². The van der Waals surface area contributed by atoms with Gasteiger partial charge in [-0.3, -0.25) is 4.79 Å². The quantitative estimate of drug-likeness (QED) is 0.843. The van der Waals surface area contributed by atoms with Crippen LogP contribution < -0.4 is 4.74 Å². The summed E-state index contributed by atoms with van der Waals surface area (Å²) >= 11 is 0. The lowest BCUT2D eigenvalue weighted by atomic mass is 9.87. The molecule has 1 aromatic rings. The molecule has 1 unspecified atom stereocenters. The fourth-order valence-electron chi connectivity index (χ4n) is 3.11. The van der Waals surface area contributed by atoms with Crippen LogP contribution in [0.25, 0.3) is 0 Å². The first-order chi connectivity index (χ1) is 10.1. The van der Waals surface area contributed by atoms with Crippen LogP contribution in [0, 0.1) is 5.92 Å². The lowest BCUT2D eigenvalue weighted by Crippen LogP contribution is -2.37. The van der Waals surface area contributed by atoms with Crippen LogP contribution in [0.1, 0.15) is 51.0 Å². The van der Waals surface area contributed by atoms with E-state index in [0.29, 0.717) is 5.92 Å². The number of carbonyl (C=O) groups is 1. The van der Waals surface area contributed by atoms with Gasteiger partial charge in [0.15, 0.2) is 0 Å². The van der Waals surface area contributed by atoms with Crippen molar-refractivity contribution in [1.82, 2.24) is 4.90 Å². The van der Waals surface area contributed by atoms with Crippen molar-refractivity contribution in [2.24, 2.45) is 5.92 Å². The highest BCUT2D eigenvalue weighted by molar-refractivity contribution is 5.84. The van der Waals surface area contributed by atoms with E-state index >= 15 is 0 Å². The third kappa shape index (κ3) is 3.99. The molecular formula is C18H27NO2. The van der Waals surface area contributed by atoms with E-state index in [1.54, 1.807) is 7.11 Å². The zero-order valence-electron chi connectivity index (χ0n) is 13.5. The van der Waals surface area contributed by atoms with Gasteiger partial charge < -0.3 is 9.64 Å². The maximum Gasteiger partial charge on any atom is 0.230 e. The van der Waals surface area contributed by atoms with Crippen LogP contribution in [0.2, 0.25) is 0 Å². The number of carbonyl (C=O) groups excluding carboxylic acids is 1. The van der Waals surface area contributed by atoms with Gasteiger partial charge in [-0.05, 0) is 36.5 Å². The number of amides is 1. The lowest BCUT2D eigenvalue weighted by molar-refractivity contribution is -0.133. The van der Waals surface area contributed by atoms with Gasteiger partial charge in [-0.2, -0.15) is 0 Å². The van der Waals surface area contributed by atoms with Crippen LogP contribution in [0.15, 0.2) is 24.3 Å². The number of ether oxygens (including phenoxy) is 1. The summed E-state index contributed by atoms with van der Waals surface area (Å²) in [5.41, 5.74) is 1.10. The van der Waals surface area contributed by atoms with Gasteiger partial charge in [0, 0.05) is 13.1 Å². The van der Waals surface area contributed by atoms with E-state index in [2.05, 4.69) is 18.7 Å². The molecule has 1 aromatic carbocycles. The number of rotatable bonds is 4. The van der Waals surface area contributed by atoms with Gasteiger partial charge >= 0.3 is 0 Å². The Morgan fingerprint density at radius 3 is 2.10 bits per heavy atom. The van der Waals surface area contributed by atoms with Crippen LogP contribution in [0.3, 0.4) is 0 Å². The number of methoxy groups -OCH3 is 1. The molecule has 1 aliphatic heterocycles. The van der Waals surface area contributed by atoms with Crippen LogP contribution in [0.5, 0.6) is 5.75 Å². The van der Waals surface area contributed by atoms with E-state index in [-0.39, 0.29) is 11.8 Å². The monoisotopic (exact) mass is 289 g/mol. The second-order valence-electron chi connectivity index (χ2n) is 6.23. The fourth-order valence-corrected chi connectivity index (χ4v) is 3.11. The molecule has 1 heterocycles. The fraction of sp³-hybridized carbons (Fsp3) is 0.611. The van der Waals surface area contributed by atoms with Crippen molar-refractivity contribution < 1.29 is 9.53 Å². The Balaban J connectivity index is 2.18. The Morgan fingerprint density at radius 1 is 1.05 bits per heavy atom. The van der Waals surface area contributed by atoms with Crippen LogP contribution in [-0.4, -0.2) is 31.0 Å². The van der Waals surface area contributed by atoms with Gasteiger partial charge in [-0.25, -0.2) is 0 Å². The number of hydrogen-bond donors (Lipinski definition) is 0. The molecule has 0 aliphatic carbocycles. The standard InChI is InChI=1S/C18H27NO2/c1-14(2)17(15-8-10-16(21-3)11-9-15)18(20)19-12-6-4-5-7-13-19/h8-11,14,17H,4-7,12-13H2,1-3H3. The number of hydrogen-bond acceptors (Lipinski definition) is 2. The van der Waals surface area contributed by atoms with E-state index in [0.717, 1.165) is 37.2 Å². The molecule has 116 valence electrons. The summed E-state index contributed by atoms with van der Waals surface area (Å²) in [4.78, 5) is 15.0. The summed E-state index contributed by atoms with van der Waals surface area (Å²) < 4.78 is 5.21. The molecular weight excluding hydrogens is 262 g/mol. The molecule has 3 heteroatoms. The Bertz CT molecular complexity index is 445. The predicted molar refractivity (Wildman–Crippen MR) is 85.6 cm³/mol. The molecule has 1 atom stereocenters. The normalized spacial score (nSPS) is 17.4. The highest BCUT2D eigenvalue weighted by Crippen LogP contribution is 2.29. The third-order valence-corrected chi connectivity index (χ3v) is 4.33. The molecule has 21 heavy (non-hydrogen) atoms. The Hall–Kier alpha value is -1.51. The van der Waals surface area contributed by atoms with Crippen molar-refractivity contribution >= 4 is 5.91 Å². The average Bonchev–Trinajstić information content (AvgIpc) is 2.77. The number of benzene rings is 1.